The number of fused-ring (bicyclic) bond motifs is 1. The molecule has 7 heteroatoms. The minimum absolute atomic E-state index is 0.180. The van der Waals surface area contributed by atoms with Gasteiger partial charge in [0.2, 0.25) is 0 Å². The molecule has 0 aromatic heterocycles. The molecule has 1 aliphatic heterocycles. The predicted octanol–water partition coefficient (Wildman–Crippen LogP) is 2.61. The summed E-state index contributed by atoms with van der Waals surface area (Å²) >= 11 is 6.04. The third kappa shape index (κ3) is 3.77. The van der Waals surface area contributed by atoms with Crippen molar-refractivity contribution in [2.24, 2.45) is 0 Å². The Balaban J connectivity index is 1.99. The standard InChI is InChI=1S/C13H19ClN2O3S/c1-2-15-10-16(7-3-4-8-20(17,18)19)13-9-11(14)5-6-12(13)15/h5-6,9H,2-4,7-8,10H2,1H3,(H,17,18,19). The summed E-state index contributed by atoms with van der Waals surface area (Å²) in [5.74, 6) is -0.180. The van der Waals surface area contributed by atoms with E-state index in [1.165, 1.54) is 0 Å². The highest BCUT2D eigenvalue weighted by Gasteiger charge is 2.24. The summed E-state index contributed by atoms with van der Waals surface area (Å²) in [4.78, 5) is 4.43. The van der Waals surface area contributed by atoms with Crippen LogP contribution in [0.25, 0.3) is 0 Å². The lowest BCUT2D eigenvalue weighted by Crippen LogP contribution is -2.31. The van der Waals surface area contributed by atoms with Crippen LogP contribution >= 0.6 is 11.6 Å². The van der Waals surface area contributed by atoms with Crippen LogP contribution in [0.3, 0.4) is 0 Å². The second-order valence-electron chi connectivity index (χ2n) is 4.89. The van der Waals surface area contributed by atoms with Crippen molar-refractivity contribution in [1.29, 1.82) is 0 Å². The van der Waals surface area contributed by atoms with Gasteiger partial charge in [-0.05, 0) is 38.0 Å². The summed E-state index contributed by atoms with van der Waals surface area (Å²) in [6.07, 6.45) is 1.17. The van der Waals surface area contributed by atoms with E-state index in [0.717, 1.165) is 31.1 Å². The Morgan fingerprint density at radius 3 is 2.65 bits per heavy atom. The fourth-order valence-corrected chi connectivity index (χ4v) is 3.16. The summed E-state index contributed by atoms with van der Waals surface area (Å²) in [5.41, 5.74) is 2.25. The van der Waals surface area contributed by atoms with Gasteiger partial charge in [-0.1, -0.05) is 11.6 Å². The van der Waals surface area contributed by atoms with Crippen molar-refractivity contribution in [3.05, 3.63) is 23.2 Å². The minimum Gasteiger partial charge on any atom is -0.352 e. The zero-order valence-electron chi connectivity index (χ0n) is 11.4. The smallest absolute Gasteiger partial charge is 0.264 e. The maximum atomic E-state index is 10.7. The van der Waals surface area contributed by atoms with E-state index in [2.05, 4.69) is 16.7 Å². The van der Waals surface area contributed by atoms with Gasteiger partial charge in [0.1, 0.15) is 0 Å². The first-order valence-electron chi connectivity index (χ1n) is 6.65. The van der Waals surface area contributed by atoms with Crippen molar-refractivity contribution >= 4 is 33.1 Å². The van der Waals surface area contributed by atoms with Crippen molar-refractivity contribution in [1.82, 2.24) is 0 Å². The molecule has 0 saturated heterocycles. The van der Waals surface area contributed by atoms with Crippen LogP contribution in [0.15, 0.2) is 18.2 Å². The average molecular weight is 319 g/mol. The fourth-order valence-electron chi connectivity index (χ4n) is 2.42. The topological polar surface area (TPSA) is 60.9 Å². The average Bonchev–Trinajstić information content (AvgIpc) is 2.71. The lowest BCUT2D eigenvalue weighted by Gasteiger charge is -2.20. The molecule has 0 amide bonds. The number of rotatable bonds is 6. The Labute approximate surface area is 124 Å². The molecule has 1 aromatic rings. The van der Waals surface area contributed by atoms with Gasteiger partial charge in [0, 0.05) is 18.1 Å². The number of benzene rings is 1. The van der Waals surface area contributed by atoms with Crippen molar-refractivity contribution in [3.8, 4) is 0 Å². The van der Waals surface area contributed by atoms with E-state index >= 15 is 0 Å². The SMILES string of the molecule is CCN1CN(CCCCS(=O)(=O)O)c2cc(Cl)ccc21. The quantitative estimate of drug-likeness (QED) is 0.645. The molecule has 0 spiro atoms. The molecule has 20 heavy (non-hydrogen) atoms. The molecule has 0 saturated carbocycles. The lowest BCUT2D eigenvalue weighted by molar-refractivity contribution is 0.480. The van der Waals surface area contributed by atoms with E-state index in [4.69, 9.17) is 16.2 Å². The highest BCUT2D eigenvalue weighted by atomic mass is 35.5. The van der Waals surface area contributed by atoms with Gasteiger partial charge in [0.25, 0.3) is 10.1 Å². The van der Waals surface area contributed by atoms with Crippen LogP contribution in [0.2, 0.25) is 5.02 Å². The maximum absolute atomic E-state index is 10.7. The Hall–Kier alpha value is -0.980. The molecule has 0 atom stereocenters. The van der Waals surface area contributed by atoms with E-state index in [-0.39, 0.29) is 5.75 Å². The van der Waals surface area contributed by atoms with Gasteiger partial charge in [-0.15, -0.1) is 0 Å². The van der Waals surface area contributed by atoms with Crippen molar-refractivity contribution in [3.63, 3.8) is 0 Å². The Morgan fingerprint density at radius 1 is 1.25 bits per heavy atom. The van der Waals surface area contributed by atoms with E-state index in [0.29, 0.717) is 17.9 Å². The third-order valence-electron chi connectivity index (χ3n) is 3.42. The molecule has 2 rings (SSSR count). The molecule has 1 aliphatic rings. The second-order valence-corrected chi connectivity index (χ2v) is 6.90. The largest absolute Gasteiger partial charge is 0.352 e. The zero-order chi connectivity index (χ0) is 14.8. The number of hydrogen-bond donors (Lipinski definition) is 1. The highest BCUT2D eigenvalue weighted by Crippen LogP contribution is 2.37. The maximum Gasteiger partial charge on any atom is 0.264 e. The van der Waals surface area contributed by atoms with Gasteiger partial charge in [-0.2, -0.15) is 8.42 Å². The van der Waals surface area contributed by atoms with Crippen LogP contribution in [0.4, 0.5) is 11.4 Å². The van der Waals surface area contributed by atoms with Gasteiger partial charge in [0.05, 0.1) is 23.8 Å². The monoisotopic (exact) mass is 318 g/mol. The van der Waals surface area contributed by atoms with E-state index in [9.17, 15) is 8.42 Å². The molecular formula is C13H19ClN2O3S. The zero-order valence-corrected chi connectivity index (χ0v) is 13.0. The van der Waals surface area contributed by atoms with Gasteiger partial charge < -0.3 is 9.80 Å². The number of unbranched alkanes of at least 4 members (excludes halogenated alkanes) is 1. The molecule has 0 unspecified atom stereocenters. The van der Waals surface area contributed by atoms with Crippen LogP contribution in [-0.4, -0.2) is 38.5 Å². The normalized spacial score (nSPS) is 14.8. The summed E-state index contributed by atoms with van der Waals surface area (Å²) in [6.45, 7) is 4.55. The summed E-state index contributed by atoms with van der Waals surface area (Å²) < 4.78 is 30.1. The first-order chi connectivity index (χ1) is 9.40. The van der Waals surface area contributed by atoms with Crippen LogP contribution in [-0.2, 0) is 10.1 Å². The first-order valence-corrected chi connectivity index (χ1v) is 8.64. The Bertz CT molecular complexity index is 577. The van der Waals surface area contributed by atoms with Crippen molar-refractivity contribution in [2.75, 3.05) is 35.3 Å². The second kappa shape index (κ2) is 6.20. The molecule has 0 aliphatic carbocycles. The van der Waals surface area contributed by atoms with Crippen LogP contribution < -0.4 is 9.80 Å². The van der Waals surface area contributed by atoms with E-state index in [1.54, 1.807) is 0 Å². The van der Waals surface area contributed by atoms with Gasteiger partial charge >= 0.3 is 0 Å². The molecular weight excluding hydrogens is 300 g/mol. The number of halogens is 1. The number of anilines is 2. The molecule has 1 heterocycles. The van der Waals surface area contributed by atoms with Crippen molar-refractivity contribution in [2.45, 2.75) is 19.8 Å². The highest BCUT2D eigenvalue weighted by molar-refractivity contribution is 7.85. The van der Waals surface area contributed by atoms with Crippen LogP contribution in [0.1, 0.15) is 19.8 Å². The molecule has 1 N–H and O–H groups in total. The first kappa shape index (κ1) is 15.4. The number of nitrogens with zero attached hydrogens (tertiary/aromatic N) is 2. The van der Waals surface area contributed by atoms with Crippen LogP contribution in [0.5, 0.6) is 0 Å². The lowest BCUT2D eigenvalue weighted by atomic mass is 10.2. The third-order valence-corrected chi connectivity index (χ3v) is 4.46. The Morgan fingerprint density at radius 2 is 2.00 bits per heavy atom. The fraction of sp³-hybridized carbons (Fsp3) is 0.538. The van der Waals surface area contributed by atoms with Gasteiger partial charge in [-0.3, -0.25) is 4.55 Å². The van der Waals surface area contributed by atoms with Gasteiger partial charge in [0.15, 0.2) is 0 Å². The molecule has 1 aromatic carbocycles. The minimum atomic E-state index is -3.85. The summed E-state index contributed by atoms with van der Waals surface area (Å²) in [7, 11) is -3.85. The molecule has 5 nitrogen and oxygen atoms in total. The predicted molar refractivity (Wildman–Crippen MR) is 82.3 cm³/mol. The summed E-state index contributed by atoms with van der Waals surface area (Å²) in [6, 6.07) is 5.83. The number of hydrogen-bond acceptors (Lipinski definition) is 4. The van der Waals surface area contributed by atoms with E-state index in [1.807, 2.05) is 18.2 Å². The molecule has 0 bridgehead atoms. The summed E-state index contributed by atoms with van der Waals surface area (Å²) in [5, 5.41) is 0.699. The van der Waals surface area contributed by atoms with Crippen molar-refractivity contribution < 1.29 is 13.0 Å². The Kier molecular flexibility index (Phi) is 4.78. The van der Waals surface area contributed by atoms with Crippen LogP contribution in [0, 0.1) is 0 Å². The van der Waals surface area contributed by atoms with E-state index < -0.39 is 10.1 Å². The molecule has 112 valence electrons. The molecule has 0 fully saturated rings. The van der Waals surface area contributed by atoms with Gasteiger partial charge in [-0.25, -0.2) is 0 Å². The molecule has 0 radical (unpaired) electrons.